The van der Waals surface area contributed by atoms with E-state index in [-0.39, 0.29) is 5.75 Å². The van der Waals surface area contributed by atoms with Crippen LogP contribution in [0.4, 0.5) is 0 Å². The zero-order chi connectivity index (χ0) is 13.3. The van der Waals surface area contributed by atoms with Gasteiger partial charge in [-0.1, -0.05) is 13.3 Å². The van der Waals surface area contributed by atoms with Crippen molar-refractivity contribution in [3.63, 3.8) is 0 Å². The Kier molecular flexibility index (Phi) is 3.36. The van der Waals surface area contributed by atoms with Crippen LogP contribution in [0.2, 0.25) is 0 Å². The van der Waals surface area contributed by atoms with Gasteiger partial charge in [0, 0.05) is 5.69 Å². The molecular formula is C14H17NO3. The van der Waals surface area contributed by atoms with Gasteiger partial charge < -0.3 is 9.72 Å². The molecule has 0 saturated heterocycles. The van der Waals surface area contributed by atoms with Crippen molar-refractivity contribution >= 4 is 0 Å². The Morgan fingerprint density at radius 2 is 1.94 bits per heavy atom. The third kappa shape index (κ3) is 1.98. The van der Waals surface area contributed by atoms with Crippen LogP contribution in [0.3, 0.4) is 0 Å². The van der Waals surface area contributed by atoms with Gasteiger partial charge in [-0.2, -0.15) is 0 Å². The first-order chi connectivity index (χ1) is 8.56. The number of aromatic amines is 1. The fraction of sp³-hybridized carbons (Fsp3) is 0.429. The first-order valence-electron chi connectivity index (χ1n) is 6.19. The summed E-state index contributed by atoms with van der Waals surface area (Å²) in [7, 11) is 0. The molecule has 0 spiro atoms. The van der Waals surface area contributed by atoms with E-state index in [4.69, 9.17) is 4.74 Å². The molecular weight excluding hydrogens is 230 g/mol. The lowest BCUT2D eigenvalue weighted by Gasteiger charge is -2.12. The van der Waals surface area contributed by atoms with E-state index in [2.05, 4.69) is 4.98 Å². The molecule has 0 fully saturated rings. The number of hydrogen-bond acceptors (Lipinski definition) is 3. The smallest absolute Gasteiger partial charge is 0.269 e. The largest absolute Gasteiger partial charge is 0.489 e. The molecule has 1 aromatic heterocycles. The summed E-state index contributed by atoms with van der Waals surface area (Å²) in [5, 5.41) is 0. The Morgan fingerprint density at radius 1 is 1.22 bits per heavy atom. The van der Waals surface area contributed by atoms with Gasteiger partial charge in [0.1, 0.15) is 0 Å². The van der Waals surface area contributed by atoms with E-state index in [1.165, 1.54) is 0 Å². The van der Waals surface area contributed by atoms with Crippen LogP contribution in [-0.2, 0) is 0 Å². The highest BCUT2D eigenvalue weighted by molar-refractivity contribution is 5.74. The van der Waals surface area contributed by atoms with E-state index >= 15 is 0 Å². The molecule has 0 unspecified atom stereocenters. The third-order valence-corrected chi connectivity index (χ3v) is 3.01. The van der Waals surface area contributed by atoms with E-state index in [1.54, 1.807) is 0 Å². The molecule has 1 aromatic carbocycles. The zero-order valence-electron chi connectivity index (χ0n) is 10.9. The van der Waals surface area contributed by atoms with Crippen LogP contribution < -0.4 is 15.6 Å². The predicted molar refractivity (Wildman–Crippen MR) is 71.0 cm³/mol. The lowest BCUT2D eigenvalue weighted by atomic mass is 10.0. The molecule has 0 aliphatic carbocycles. The third-order valence-electron chi connectivity index (χ3n) is 3.01. The molecule has 0 saturated carbocycles. The second-order valence-corrected chi connectivity index (χ2v) is 4.57. The van der Waals surface area contributed by atoms with Crippen molar-refractivity contribution in [1.82, 2.24) is 4.98 Å². The minimum absolute atomic E-state index is 0.221. The maximum absolute atomic E-state index is 11.7. The van der Waals surface area contributed by atoms with Gasteiger partial charge in [0.2, 0.25) is 5.43 Å². The maximum Gasteiger partial charge on any atom is 0.269 e. The predicted octanol–water partition coefficient (Wildman–Crippen LogP) is 2.07. The number of hydrogen-bond donors (Lipinski definition) is 1. The summed E-state index contributed by atoms with van der Waals surface area (Å²) in [5.74, 6) is 0.221. The monoisotopic (exact) mass is 247 g/mol. The highest BCUT2D eigenvalue weighted by Gasteiger charge is 2.26. The molecule has 2 rings (SSSR count). The average molecular weight is 247 g/mol. The fourth-order valence-corrected chi connectivity index (χ4v) is 2.04. The van der Waals surface area contributed by atoms with Gasteiger partial charge in [0.25, 0.3) is 5.43 Å². The second kappa shape index (κ2) is 4.80. The molecule has 0 aliphatic rings. The molecule has 1 N–H and O–H groups in total. The Balaban J connectivity index is 2.34. The number of rotatable bonds is 5. The van der Waals surface area contributed by atoms with Gasteiger partial charge in [-0.15, -0.1) is 0 Å². The van der Waals surface area contributed by atoms with E-state index in [1.807, 2.05) is 26.8 Å². The summed E-state index contributed by atoms with van der Waals surface area (Å²) in [6.45, 7) is 6.35. The van der Waals surface area contributed by atoms with Crippen LogP contribution >= 0.6 is 0 Å². The maximum atomic E-state index is 11.7. The summed E-state index contributed by atoms with van der Waals surface area (Å²) in [5.41, 5.74) is 2.08. The molecule has 18 heavy (non-hydrogen) atoms. The van der Waals surface area contributed by atoms with Gasteiger partial charge >= 0.3 is 0 Å². The standard InChI is InChI=1S/C14H17NO3/c1-4-5-6-18-14-10(12(16)13(14)17)11-8(2)7-9(3)15-11/h7,15H,4-6H2,1-3H3. The van der Waals surface area contributed by atoms with Crippen molar-refractivity contribution in [1.29, 1.82) is 0 Å². The normalized spacial score (nSPS) is 11.1. The van der Waals surface area contributed by atoms with Crippen LogP contribution in [0.25, 0.3) is 11.3 Å². The van der Waals surface area contributed by atoms with Crippen molar-refractivity contribution < 1.29 is 4.74 Å². The van der Waals surface area contributed by atoms with E-state index in [0.29, 0.717) is 17.9 Å². The minimum Gasteiger partial charge on any atom is -0.489 e. The number of aromatic nitrogens is 1. The number of aryl methyl sites for hydroxylation is 2. The highest BCUT2D eigenvalue weighted by atomic mass is 16.5. The number of nitrogens with one attached hydrogen (secondary N) is 1. The lowest BCUT2D eigenvalue weighted by molar-refractivity contribution is 0.304. The number of H-pyrrole nitrogens is 1. The summed E-state index contributed by atoms with van der Waals surface area (Å²) in [4.78, 5) is 26.3. The van der Waals surface area contributed by atoms with Crippen molar-refractivity contribution in [3.05, 3.63) is 37.8 Å². The van der Waals surface area contributed by atoms with Gasteiger partial charge in [-0.3, -0.25) is 9.59 Å². The van der Waals surface area contributed by atoms with Crippen LogP contribution in [0.5, 0.6) is 5.75 Å². The molecule has 0 amide bonds. The van der Waals surface area contributed by atoms with Gasteiger partial charge in [-0.05, 0) is 31.9 Å². The summed E-state index contributed by atoms with van der Waals surface area (Å²) < 4.78 is 5.42. The molecule has 96 valence electrons. The van der Waals surface area contributed by atoms with E-state index < -0.39 is 10.9 Å². The number of ether oxygens (including phenoxy) is 1. The first kappa shape index (κ1) is 12.6. The minimum atomic E-state index is -0.507. The summed E-state index contributed by atoms with van der Waals surface area (Å²) in [6, 6.07) is 1.95. The lowest BCUT2D eigenvalue weighted by Crippen LogP contribution is -2.35. The molecule has 1 heterocycles. The summed E-state index contributed by atoms with van der Waals surface area (Å²) in [6.07, 6.45) is 1.87. The van der Waals surface area contributed by atoms with Crippen molar-refractivity contribution in [2.45, 2.75) is 33.6 Å². The fourth-order valence-electron chi connectivity index (χ4n) is 2.04. The first-order valence-corrected chi connectivity index (χ1v) is 6.19. The van der Waals surface area contributed by atoms with E-state index in [9.17, 15) is 9.59 Å². The SMILES string of the molecule is CCCCOc1c(-c2[nH]c(C)cc2C)c(=O)c1=O. The molecule has 2 aromatic rings. The highest BCUT2D eigenvalue weighted by Crippen LogP contribution is 2.28. The Hall–Kier alpha value is -1.84. The van der Waals surface area contributed by atoms with E-state index in [0.717, 1.165) is 24.1 Å². The van der Waals surface area contributed by atoms with Crippen LogP contribution in [0, 0.1) is 13.8 Å². The molecule has 0 aliphatic heterocycles. The topological polar surface area (TPSA) is 59.2 Å². The summed E-state index contributed by atoms with van der Waals surface area (Å²) >= 11 is 0. The van der Waals surface area contributed by atoms with Crippen LogP contribution in [0.1, 0.15) is 31.0 Å². The second-order valence-electron chi connectivity index (χ2n) is 4.57. The van der Waals surface area contributed by atoms with Gasteiger partial charge in [0.15, 0.2) is 5.75 Å². The Labute approximate surface area is 105 Å². The van der Waals surface area contributed by atoms with Crippen molar-refractivity contribution in [3.8, 4) is 17.0 Å². The van der Waals surface area contributed by atoms with Crippen molar-refractivity contribution in [2.24, 2.45) is 0 Å². The molecule has 0 atom stereocenters. The average Bonchev–Trinajstić information content (AvgIpc) is 2.66. The Morgan fingerprint density at radius 3 is 2.50 bits per heavy atom. The van der Waals surface area contributed by atoms with Gasteiger partial charge in [0.05, 0.1) is 17.9 Å². The van der Waals surface area contributed by atoms with Crippen LogP contribution in [-0.4, -0.2) is 11.6 Å². The Bertz CT molecular complexity index is 630. The molecule has 4 nitrogen and oxygen atoms in total. The quantitative estimate of drug-likeness (QED) is 0.650. The molecule has 0 radical (unpaired) electrons. The van der Waals surface area contributed by atoms with Crippen LogP contribution in [0.15, 0.2) is 15.7 Å². The number of unbranched alkanes of at least 4 members (excludes halogenated alkanes) is 1. The zero-order valence-corrected chi connectivity index (χ0v) is 10.9. The molecule has 4 heteroatoms. The molecule has 0 bridgehead atoms. The van der Waals surface area contributed by atoms with Crippen molar-refractivity contribution in [2.75, 3.05) is 6.61 Å². The van der Waals surface area contributed by atoms with Gasteiger partial charge in [-0.25, -0.2) is 0 Å².